The molecule has 2 heterocycles. The second-order valence-electron chi connectivity index (χ2n) is 4.98. The van der Waals surface area contributed by atoms with Crippen molar-refractivity contribution < 1.29 is 14.6 Å². The topological polar surface area (TPSA) is 71.5 Å². The SMILES string of the molecule is O=C(O)COC1(c2cccnc2Br)CCCCNCC1. The molecule has 1 atom stereocenters. The van der Waals surface area contributed by atoms with E-state index in [1.165, 1.54) is 0 Å². The van der Waals surface area contributed by atoms with Crippen LogP contribution in [0.5, 0.6) is 0 Å². The standard InChI is InChI=1S/C14H19BrN2O3/c15-13-11(4-3-8-17-13)14(20-10-12(18)19)5-1-2-7-16-9-6-14/h3-4,8,16H,1-2,5-7,9-10H2,(H,18,19). The summed E-state index contributed by atoms with van der Waals surface area (Å²) in [7, 11) is 0. The Labute approximate surface area is 126 Å². The molecule has 1 aromatic rings. The summed E-state index contributed by atoms with van der Waals surface area (Å²) in [6.07, 6.45) is 5.32. The number of halogens is 1. The van der Waals surface area contributed by atoms with Gasteiger partial charge >= 0.3 is 5.97 Å². The number of aliphatic carboxylic acids is 1. The second-order valence-corrected chi connectivity index (χ2v) is 5.73. The summed E-state index contributed by atoms with van der Waals surface area (Å²) in [4.78, 5) is 15.1. The summed E-state index contributed by atoms with van der Waals surface area (Å²) in [5, 5.41) is 12.3. The molecular weight excluding hydrogens is 324 g/mol. The molecule has 0 aliphatic carbocycles. The number of nitrogens with zero attached hydrogens (tertiary/aromatic N) is 1. The fourth-order valence-electron chi connectivity index (χ4n) is 2.62. The number of nitrogens with one attached hydrogen (secondary N) is 1. The Bertz CT molecular complexity index is 459. The molecule has 0 aromatic carbocycles. The van der Waals surface area contributed by atoms with Crippen molar-refractivity contribution >= 4 is 21.9 Å². The third-order valence-electron chi connectivity index (χ3n) is 3.61. The number of carboxylic acid groups (broad SMARTS) is 1. The molecule has 1 aliphatic heterocycles. The highest BCUT2D eigenvalue weighted by molar-refractivity contribution is 9.10. The second kappa shape index (κ2) is 7.15. The quantitative estimate of drug-likeness (QED) is 0.821. The molecule has 1 unspecified atom stereocenters. The van der Waals surface area contributed by atoms with E-state index in [9.17, 15) is 4.79 Å². The molecule has 0 bridgehead atoms. The Hall–Kier alpha value is -0.980. The maximum absolute atomic E-state index is 10.9. The van der Waals surface area contributed by atoms with Gasteiger partial charge in [-0.2, -0.15) is 0 Å². The van der Waals surface area contributed by atoms with Crippen molar-refractivity contribution in [3.63, 3.8) is 0 Å². The Morgan fingerprint density at radius 3 is 3.05 bits per heavy atom. The van der Waals surface area contributed by atoms with Crippen molar-refractivity contribution in [1.82, 2.24) is 10.3 Å². The summed E-state index contributed by atoms with van der Waals surface area (Å²) < 4.78 is 6.55. The van der Waals surface area contributed by atoms with Crippen molar-refractivity contribution in [3.8, 4) is 0 Å². The molecule has 0 radical (unpaired) electrons. The van der Waals surface area contributed by atoms with E-state index in [-0.39, 0.29) is 6.61 Å². The fourth-order valence-corrected chi connectivity index (χ4v) is 3.23. The molecule has 6 heteroatoms. The first-order chi connectivity index (χ1) is 9.64. The maximum Gasteiger partial charge on any atom is 0.329 e. The highest BCUT2D eigenvalue weighted by atomic mass is 79.9. The van der Waals surface area contributed by atoms with Gasteiger partial charge in [0.1, 0.15) is 11.2 Å². The van der Waals surface area contributed by atoms with E-state index < -0.39 is 11.6 Å². The van der Waals surface area contributed by atoms with E-state index in [0.717, 1.165) is 48.9 Å². The van der Waals surface area contributed by atoms with Gasteiger partial charge in [0.25, 0.3) is 0 Å². The van der Waals surface area contributed by atoms with Crippen LogP contribution in [0.2, 0.25) is 0 Å². The summed E-state index contributed by atoms with van der Waals surface area (Å²) >= 11 is 3.46. The first kappa shape index (κ1) is 15.4. The van der Waals surface area contributed by atoms with Crippen molar-refractivity contribution in [2.45, 2.75) is 31.3 Å². The van der Waals surface area contributed by atoms with Gasteiger partial charge in [0.15, 0.2) is 0 Å². The molecule has 5 nitrogen and oxygen atoms in total. The summed E-state index contributed by atoms with van der Waals surface area (Å²) in [6.45, 7) is 1.52. The molecule has 0 saturated carbocycles. The van der Waals surface area contributed by atoms with Gasteiger partial charge < -0.3 is 15.2 Å². The molecule has 1 fully saturated rings. The number of carbonyl (C=O) groups is 1. The van der Waals surface area contributed by atoms with Crippen LogP contribution in [0.1, 0.15) is 31.2 Å². The zero-order chi connectivity index (χ0) is 14.4. The van der Waals surface area contributed by atoms with Crippen LogP contribution in [0.15, 0.2) is 22.9 Å². The Balaban J connectivity index is 2.30. The summed E-state index contributed by atoms with van der Waals surface area (Å²) in [5.41, 5.74) is 0.351. The predicted octanol–water partition coefficient (Wildman–Crippen LogP) is 2.30. The lowest BCUT2D eigenvalue weighted by Gasteiger charge is -2.36. The van der Waals surface area contributed by atoms with Gasteiger partial charge in [-0.25, -0.2) is 9.78 Å². The number of pyridine rings is 1. The minimum atomic E-state index is -0.945. The van der Waals surface area contributed by atoms with E-state index in [2.05, 4.69) is 26.2 Å². The molecular formula is C14H19BrN2O3. The molecule has 0 amide bonds. The zero-order valence-electron chi connectivity index (χ0n) is 11.3. The van der Waals surface area contributed by atoms with Crippen LogP contribution in [0.3, 0.4) is 0 Å². The molecule has 1 aromatic heterocycles. The fraction of sp³-hybridized carbons (Fsp3) is 0.571. The highest BCUT2D eigenvalue weighted by Crippen LogP contribution is 2.38. The van der Waals surface area contributed by atoms with Gasteiger partial charge in [0.2, 0.25) is 0 Å². The summed E-state index contributed by atoms with van der Waals surface area (Å²) in [5.74, 6) is -0.945. The smallest absolute Gasteiger partial charge is 0.329 e. The number of hydrogen-bond donors (Lipinski definition) is 2. The monoisotopic (exact) mass is 342 g/mol. The molecule has 1 aliphatic rings. The molecule has 110 valence electrons. The molecule has 20 heavy (non-hydrogen) atoms. The van der Waals surface area contributed by atoms with Crippen LogP contribution in [0.25, 0.3) is 0 Å². The highest BCUT2D eigenvalue weighted by Gasteiger charge is 2.36. The van der Waals surface area contributed by atoms with Crippen LogP contribution in [-0.4, -0.2) is 35.8 Å². The van der Waals surface area contributed by atoms with Gasteiger partial charge in [-0.15, -0.1) is 0 Å². The van der Waals surface area contributed by atoms with Crippen molar-refractivity contribution in [1.29, 1.82) is 0 Å². The Morgan fingerprint density at radius 1 is 1.45 bits per heavy atom. The van der Waals surface area contributed by atoms with Gasteiger partial charge in [-0.1, -0.05) is 6.07 Å². The third kappa shape index (κ3) is 3.77. The molecule has 0 spiro atoms. The third-order valence-corrected chi connectivity index (χ3v) is 4.24. The average Bonchev–Trinajstić information content (AvgIpc) is 2.39. The average molecular weight is 343 g/mol. The first-order valence-corrected chi connectivity index (χ1v) is 7.61. The Morgan fingerprint density at radius 2 is 2.30 bits per heavy atom. The van der Waals surface area contributed by atoms with Crippen LogP contribution < -0.4 is 5.32 Å². The van der Waals surface area contributed by atoms with Crippen LogP contribution >= 0.6 is 15.9 Å². The Kier molecular flexibility index (Phi) is 5.51. The molecule has 2 N–H and O–H groups in total. The minimum Gasteiger partial charge on any atom is -0.480 e. The first-order valence-electron chi connectivity index (χ1n) is 6.81. The minimum absolute atomic E-state index is 0.290. The van der Waals surface area contributed by atoms with Gasteiger partial charge in [0.05, 0.1) is 5.60 Å². The lowest BCUT2D eigenvalue weighted by molar-refractivity contribution is -0.152. The van der Waals surface area contributed by atoms with Crippen molar-refractivity contribution in [3.05, 3.63) is 28.5 Å². The number of rotatable bonds is 4. The maximum atomic E-state index is 10.9. The van der Waals surface area contributed by atoms with Gasteiger partial charge in [-0.3, -0.25) is 0 Å². The van der Waals surface area contributed by atoms with Crippen LogP contribution in [0, 0.1) is 0 Å². The van der Waals surface area contributed by atoms with Crippen molar-refractivity contribution in [2.24, 2.45) is 0 Å². The molecule has 1 saturated heterocycles. The van der Waals surface area contributed by atoms with Gasteiger partial charge in [-0.05, 0) is 60.8 Å². The normalized spacial score (nSPS) is 23.9. The van der Waals surface area contributed by atoms with E-state index in [1.54, 1.807) is 6.20 Å². The molecule has 2 rings (SSSR count). The number of aromatic nitrogens is 1. The van der Waals surface area contributed by atoms with E-state index >= 15 is 0 Å². The van der Waals surface area contributed by atoms with E-state index in [1.807, 2.05) is 12.1 Å². The predicted molar refractivity (Wildman–Crippen MR) is 78.5 cm³/mol. The van der Waals surface area contributed by atoms with E-state index in [4.69, 9.17) is 9.84 Å². The zero-order valence-corrected chi connectivity index (χ0v) is 12.9. The largest absolute Gasteiger partial charge is 0.480 e. The van der Waals surface area contributed by atoms with Crippen LogP contribution in [-0.2, 0) is 15.1 Å². The number of ether oxygens (including phenoxy) is 1. The lowest BCUT2D eigenvalue weighted by Crippen LogP contribution is -2.38. The van der Waals surface area contributed by atoms with Crippen molar-refractivity contribution in [2.75, 3.05) is 19.7 Å². The van der Waals surface area contributed by atoms with Gasteiger partial charge in [0, 0.05) is 11.8 Å². The lowest BCUT2D eigenvalue weighted by atomic mass is 9.85. The number of carboxylic acids is 1. The van der Waals surface area contributed by atoms with Crippen LogP contribution in [0.4, 0.5) is 0 Å². The number of hydrogen-bond acceptors (Lipinski definition) is 4. The van der Waals surface area contributed by atoms with E-state index in [0.29, 0.717) is 0 Å². The summed E-state index contributed by atoms with van der Waals surface area (Å²) in [6, 6.07) is 3.82.